The summed E-state index contributed by atoms with van der Waals surface area (Å²) in [4.78, 5) is 11.3. The average molecular weight is 412 g/mol. The van der Waals surface area contributed by atoms with Gasteiger partial charge in [0.25, 0.3) is 0 Å². The molecule has 0 amide bonds. The van der Waals surface area contributed by atoms with Gasteiger partial charge >= 0.3 is 0 Å². The summed E-state index contributed by atoms with van der Waals surface area (Å²) in [5.74, 6) is -1.53. The molecule has 0 aliphatic rings. The minimum Gasteiger partial charge on any atom is -0.546 e. The smallest absolute Gasteiger partial charge is 0.154 e. The Morgan fingerprint density at radius 2 is 1.32 bits per heavy atom. The number of rotatable bonds is 5. The van der Waals surface area contributed by atoms with E-state index in [1.165, 1.54) is 0 Å². The van der Waals surface area contributed by atoms with Crippen molar-refractivity contribution in [2.24, 2.45) is 0 Å². The van der Waals surface area contributed by atoms with E-state index in [0.29, 0.717) is 0 Å². The molecule has 0 saturated carbocycles. The zero-order valence-corrected chi connectivity index (χ0v) is 16.5. The topological polar surface area (TPSA) is 80.6 Å². The first-order valence-electron chi connectivity index (χ1n) is 7.68. The lowest BCUT2D eigenvalue weighted by atomic mass is 9.86. The van der Waals surface area contributed by atoms with Gasteiger partial charge in [-0.1, -0.05) is 60.7 Å². The monoisotopic (exact) mass is 411 g/mol. The molecule has 0 aromatic heterocycles. The van der Waals surface area contributed by atoms with Gasteiger partial charge < -0.3 is 24.6 Å². The van der Waals surface area contributed by atoms with Gasteiger partial charge in [-0.2, -0.15) is 0 Å². The maximum Gasteiger partial charge on any atom is 0.154 e. The maximum atomic E-state index is 11.3. The molecule has 0 radical (unpaired) electrons. The van der Waals surface area contributed by atoms with Crippen LogP contribution in [0.15, 0.2) is 60.7 Å². The first-order valence-corrected chi connectivity index (χ1v) is 7.68. The number of benzene rings is 2. The zero-order chi connectivity index (χ0) is 18.2. The number of hydrogen-bond donors (Lipinski definition) is 2. The van der Waals surface area contributed by atoms with Crippen LogP contribution in [-0.4, -0.2) is 55.0 Å². The number of halogens is 1. The van der Waals surface area contributed by atoms with Crippen molar-refractivity contribution in [1.29, 1.82) is 0 Å². The van der Waals surface area contributed by atoms with Gasteiger partial charge in [0.05, 0.1) is 33.7 Å². The molecule has 5 nitrogen and oxygen atoms in total. The number of hydrogen-bond acceptors (Lipinski definition) is 4. The summed E-state index contributed by atoms with van der Waals surface area (Å²) in [6, 6.07) is 16.4. The minimum atomic E-state index is -2.11. The molecule has 2 N–H and O–H groups in total. The highest BCUT2D eigenvalue weighted by atomic mass is 79.9. The summed E-state index contributed by atoms with van der Waals surface area (Å²) >= 11 is 0. The van der Waals surface area contributed by atoms with Crippen LogP contribution in [0.5, 0.6) is 0 Å². The SMILES string of the molecule is Br.C[N+](C)(C)CCO.O=C([O-])C(O)(c1ccccc1)c1ccccc1. The number of aliphatic hydroxyl groups is 2. The van der Waals surface area contributed by atoms with Crippen LogP contribution in [0.25, 0.3) is 0 Å². The molecule has 2 aromatic rings. The van der Waals surface area contributed by atoms with Crippen LogP contribution in [0.1, 0.15) is 11.1 Å². The van der Waals surface area contributed by atoms with Crippen LogP contribution >= 0.6 is 17.0 Å². The third-order valence-electron chi connectivity index (χ3n) is 3.45. The van der Waals surface area contributed by atoms with E-state index in [0.717, 1.165) is 11.0 Å². The van der Waals surface area contributed by atoms with E-state index in [4.69, 9.17) is 5.11 Å². The number of aliphatic carboxylic acids is 1. The largest absolute Gasteiger partial charge is 0.546 e. The Morgan fingerprint density at radius 3 is 1.52 bits per heavy atom. The fourth-order valence-electron chi connectivity index (χ4n) is 2.06. The van der Waals surface area contributed by atoms with Gasteiger partial charge in [-0.3, -0.25) is 0 Å². The van der Waals surface area contributed by atoms with Crippen molar-refractivity contribution in [2.45, 2.75) is 5.60 Å². The van der Waals surface area contributed by atoms with Crippen molar-refractivity contribution in [3.63, 3.8) is 0 Å². The maximum absolute atomic E-state index is 11.3. The summed E-state index contributed by atoms with van der Waals surface area (Å²) in [6.45, 7) is 1.11. The predicted octanol–water partition coefficient (Wildman–Crippen LogP) is 0.935. The van der Waals surface area contributed by atoms with E-state index >= 15 is 0 Å². The lowest BCUT2D eigenvalue weighted by Crippen LogP contribution is -2.46. The highest BCUT2D eigenvalue weighted by Gasteiger charge is 2.32. The Kier molecular flexibility index (Phi) is 9.59. The Bertz CT molecular complexity index is 587. The molecule has 0 fully saturated rings. The fourth-order valence-corrected chi connectivity index (χ4v) is 2.06. The molecule has 0 saturated heterocycles. The Balaban J connectivity index is 0.000000620. The molecule has 0 bridgehead atoms. The highest BCUT2D eigenvalue weighted by Crippen LogP contribution is 2.28. The van der Waals surface area contributed by atoms with Crippen molar-refractivity contribution in [2.75, 3.05) is 34.3 Å². The van der Waals surface area contributed by atoms with Gasteiger partial charge in [0.2, 0.25) is 0 Å². The van der Waals surface area contributed by atoms with Gasteiger partial charge in [0, 0.05) is 0 Å². The lowest BCUT2D eigenvalue weighted by Gasteiger charge is -2.30. The van der Waals surface area contributed by atoms with Gasteiger partial charge in [-0.25, -0.2) is 0 Å². The van der Waals surface area contributed by atoms with E-state index in [-0.39, 0.29) is 34.7 Å². The number of carboxylic acids is 1. The first kappa shape index (κ1) is 23.3. The quantitative estimate of drug-likeness (QED) is 0.717. The number of nitrogens with zero attached hydrogens (tertiary/aromatic N) is 1. The van der Waals surface area contributed by atoms with Crippen LogP contribution in [0.4, 0.5) is 0 Å². The highest BCUT2D eigenvalue weighted by molar-refractivity contribution is 8.93. The number of likely N-dealkylation sites (N-methyl/N-ethyl adjacent to an activating group) is 1. The minimum absolute atomic E-state index is 0. The second-order valence-corrected chi connectivity index (χ2v) is 6.47. The van der Waals surface area contributed by atoms with Gasteiger partial charge in [-0.05, 0) is 11.1 Å². The average Bonchev–Trinajstić information content (AvgIpc) is 2.55. The summed E-state index contributed by atoms with van der Waals surface area (Å²) in [5, 5.41) is 30.0. The normalized spacial score (nSPS) is 10.9. The molecule has 0 spiro atoms. The van der Waals surface area contributed by atoms with Crippen LogP contribution < -0.4 is 5.11 Å². The Labute approximate surface area is 159 Å². The summed E-state index contributed by atoms with van der Waals surface area (Å²) in [5.41, 5.74) is -1.54. The van der Waals surface area contributed by atoms with Crippen molar-refractivity contribution < 1.29 is 24.6 Å². The summed E-state index contributed by atoms with van der Waals surface area (Å²) in [6.07, 6.45) is 0. The van der Waals surface area contributed by atoms with E-state index in [9.17, 15) is 15.0 Å². The van der Waals surface area contributed by atoms with Gasteiger partial charge in [-0.15, -0.1) is 17.0 Å². The molecule has 25 heavy (non-hydrogen) atoms. The molecule has 0 aliphatic carbocycles. The molecule has 6 heteroatoms. The predicted molar refractivity (Wildman–Crippen MR) is 101 cm³/mol. The third-order valence-corrected chi connectivity index (χ3v) is 3.45. The number of carbonyl (C=O) groups excluding carboxylic acids is 1. The van der Waals surface area contributed by atoms with Gasteiger partial charge in [0.15, 0.2) is 5.60 Å². The molecule has 2 rings (SSSR count). The van der Waals surface area contributed by atoms with Crippen molar-refractivity contribution >= 4 is 23.0 Å². The molecule has 0 aliphatic heterocycles. The second kappa shape index (κ2) is 10.3. The number of carbonyl (C=O) groups is 1. The molecular weight excluding hydrogens is 386 g/mol. The standard InChI is InChI=1S/C14H12O3.C5H14NO.BrH/c15-13(16)14(17,11-7-3-1-4-8-11)12-9-5-2-6-10-12;1-6(2,3)4-5-7;/h1-10,17H,(H,15,16);7H,4-5H2,1-3H3;1H/q;+1;/p-1. The van der Waals surface area contributed by atoms with Crippen LogP contribution in [0.2, 0.25) is 0 Å². The second-order valence-electron chi connectivity index (χ2n) is 6.47. The van der Waals surface area contributed by atoms with Crippen molar-refractivity contribution in [3.05, 3.63) is 71.8 Å². The van der Waals surface area contributed by atoms with Crippen LogP contribution in [0.3, 0.4) is 0 Å². The Morgan fingerprint density at radius 1 is 0.960 bits per heavy atom. The summed E-state index contributed by atoms with van der Waals surface area (Å²) in [7, 11) is 6.16. The van der Waals surface area contributed by atoms with E-state index < -0.39 is 11.6 Å². The summed E-state index contributed by atoms with van der Waals surface area (Å²) < 4.78 is 0.844. The number of aliphatic hydroxyl groups excluding tert-OH is 1. The zero-order valence-electron chi connectivity index (χ0n) is 14.8. The molecule has 0 unspecified atom stereocenters. The van der Waals surface area contributed by atoms with E-state index in [2.05, 4.69) is 21.1 Å². The van der Waals surface area contributed by atoms with Crippen molar-refractivity contribution in [1.82, 2.24) is 0 Å². The fraction of sp³-hybridized carbons (Fsp3) is 0.316. The van der Waals surface area contributed by atoms with Crippen LogP contribution in [-0.2, 0) is 10.4 Å². The number of quaternary nitrogens is 1. The molecule has 2 aromatic carbocycles. The van der Waals surface area contributed by atoms with Gasteiger partial charge in [0.1, 0.15) is 6.54 Å². The molecular formula is C19H26BrNO4. The van der Waals surface area contributed by atoms with E-state index in [1.807, 2.05) is 0 Å². The van der Waals surface area contributed by atoms with E-state index in [1.54, 1.807) is 60.7 Å². The Hall–Kier alpha value is -1.73. The molecule has 138 valence electrons. The first-order chi connectivity index (χ1) is 11.2. The van der Waals surface area contributed by atoms with Crippen LogP contribution in [0, 0.1) is 0 Å². The molecule has 0 atom stereocenters. The van der Waals surface area contributed by atoms with Crippen molar-refractivity contribution in [3.8, 4) is 0 Å². The lowest BCUT2D eigenvalue weighted by molar-refractivity contribution is -0.870. The third kappa shape index (κ3) is 6.96. The molecule has 0 heterocycles. The number of carboxylic acid groups (broad SMARTS) is 1.